The SMILES string of the molecule is COC1CCN(Cc2ccc(C#Cc3ccc(C(CNCC(C)Cl)Cc4nc[nH]c(=O)c4O)cc3)cc2)C1. The maximum atomic E-state index is 11.8. The molecule has 0 amide bonds. The molecule has 2 heterocycles. The van der Waals surface area contributed by atoms with Crippen LogP contribution in [0.3, 0.4) is 0 Å². The summed E-state index contributed by atoms with van der Waals surface area (Å²) in [4.78, 5) is 20.8. The first kappa shape index (κ1) is 27.9. The highest BCUT2D eigenvalue weighted by atomic mass is 35.5. The number of likely N-dealkylation sites (tertiary alicyclic amines) is 1. The van der Waals surface area contributed by atoms with Crippen molar-refractivity contribution in [2.75, 3.05) is 33.3 Å². The summed E-state index contributed by atoms with van der Waals surface area (Å²) in [5.74, 6) is 6.16. The molecule has 4 rings (SSSR count). The zero-order chi connectivity index (χ0) is 26.9. The second-order valence-corrected chi connectivity index (χ2v) is 10.6. The van der Waals surface area contributed by atoms with Crippen LogP contribution in [-0.4, -0.2) is 64.7 Å². The third kappa shape index (κ3) is 7.92. The number of methoxy groups -OCH3 is 1. The lowest BCUT2D eigenvalue weighted by molar-refractivity contribution is 0.107. The zero-order valence-electron chi connectivity index (χ0n) is 21.9. The third-order valence-electron chi connectivity index (χ3n) is 6.82. The van der Waals surface area contributed by atoms with Crippen molar-refractivity contribution < 1.29 is 9.84 Å². The van der Waals surface area contributed by atoms with E-state index in [1.807, 2.05) is 31.2 Å². The maximum Gasteiger partial charge on any atom is 0.293 e. The molecular formula is C30H35ClN4O3. The Morgan fingerprint density at radius 1 is 1.16 bits per heavy atom. The smallest absolute Gasteiger partial charge is 0.293 e. The highest BCUT2D eigenvalue weighted by molar-refractivity contribution is 6.20. The molecule has 0 bridgehead atoms. The van der Waals surface area contributed by atoms with Gasteiger partial charge >= 0.3 is 0 Å². The van der Waals surface area contributed by atoms with E-state index in [1.165, 1.54) is 11.9 Å². The number of hydrogen-bond acceptors (Lipinski definition) is 6. The molecule has 3 atom stereocenters. The van der Waals surface area contributed by atoms with Crippen molar-refractivity contribution in [2.45, 2.75) is 43.7 Å². The summed E-state index contributed by atoms with van der Waals surface area (Å²) in [5, 5.41) is 13.5. The van der Waals surface area contributed by atoms with Gasteiger partial charge in [0, 0.05) is 68.7 Å². The number of aromatic amines is 1. The van der Waals surface area contributed by atoms with E-state index in [9.17, 15) is 9.90 Å². The summed E-state index contributed by atoms with van der Waals surface area (Å²) in [7, 11) is 1.78. The average Bonchev–Trinajstić information content (AvgIpc) is 3.38. The fourth-order valence-corrected chi connectivity index (χ4v) is 4.75. The Balaban J connectivity index is 1.41. The van der Waals surface area contributed by atoms with Gasteiger partial charge in [0.1, 0.15) is 0 Å². The molecule has 8 heteroatoms. The fraction of sp³-hybridized carbons (Fsp3) is 0.400. The molecule has 0 saturated carbocycles. The predicted octanol–water partition coefficient (Wildman–Crippen LogP) is 3.64. The van der Waals surface area contributed by atoms with Gasteiger partial charge in [0.15, 0.2) is 0 Å². The van der Waals surface area contributed by atoms with Crippen molar-refractivity contribution in [1.29, 1.82) is 0 Å². The summed E-state index contributed by atoms with van der Waals surface area (Å²) in [5.41, 5.74) is 4.07. The Kier molecular flexibility index (Phi) is 9.97. The number of alkyl halides is 1. The van der Waals surface area contributed by atoms with Crippen LogP contribution in [0.5, 0.6) is 5.75 Å². The van der Waals surface area contributed by atoms with Gasteiger partial charge in [0.25, 0.3) is 5.56 Å². The van der Waals surface area contributed by atoms with Crippen molar-refractivity contribution in [3.8, 4) is 17.6 Å². The summed E-state index contributed by atoms with van der Waals surface area (Å²) >= 11 is 6.09. The average molecular weight is 535 g/mol. The Morgan fingerprint density at radius 3 is 2.47 bits per heavy atom. The molecule has 3 unspecified atom stereocenters. The number of nitrogens with zero attached hydrogens (tertiary/aromatic N) is 2. The van der Waals surface area contributed by atoms with E-state index < -0.39 is 5.56 Å². The number of benzene rings is 2. The largest absolute Gasteiger partial charge is 0.502 e. The van der Waals surface area contributed by atoms with Crippen LogP contribution >= 0.6 is 11.6 Å². The molecule has 0 radical (unpaired) electrons. The first-order valence-electron chi connectivity index (χ1n) is 13.0. The van der Waals surface area contributed by atoms with Gasteiger partial charge in [0.05, 0.1) is 18.1 Å². The monoisotopic (exact) mass is 534 g/mol. The van der Waals surface area contributed by atoms with E-state index in [-0.39, 0.29) is 17.0 Å². The number of H-pyrrole nitrogens is 1. The highest BCUT2D eigenvalue weighted by Gasteiger charge is 2.21. The molecule has 200 valence electrons. The summed E-state index contributed by atoms with van der Waals surface area (Å²) in [6.45, 7) is 6.20. The van der Waals surface area contributed by atoms with Crippen LogP contribution in [-0.2, 0) is 17.7 Å². The molecule has 3 aromatic rings. The molecule has 3 N–H and O–H groups in total. The Hall–Kier alpha value is -3.15. The first-order chi connectivity index (χ1) is 18.4. The summed E-state index contributed by atoms with van der Waals surface area (Å²) in [6, 6.07) is 16.5. The zero-order valence-corrected chi connectivity index (χ0v) is 22.7. The number of rotatable bonds is 10. The summed E-state index contributed by atoms with van der Waals surface area (Å²) < 4.78 is 5.46. The van der Waals surface area contributed by atoms with Crippen LogP contribution in [0, 0.1) is 11.8 Å². The van der Waals surface area contributed by atoms with E-state index in [0.717, 1.165) is 42.7 Å². The second kappa shape index (κ2) is 13.6. The van der Waals surface area contributed by atoms with Crippen LogP contribution in [0.15, 0.2) is 59.7 Å². The van der Waals surface area contributed by atoms with E-state index in [1.54, 1.807) is 7.11 Å². The van der Waals surface area contributed by atoms with Crippen molar-refractivity contribution >= 4 is 11.6 Å². The molecule has 1 aliphatic heterocycles. The number of aromatic nitrogens is 2. The Morgan fingerprint density at radius 2 is 1.84 bits per heavy atom. The van der Waals surface area contributed by atoms with Gasteiger partial charge in [0.2, 0.25) is 5.75 Å². The normalized spacial score (nSPS) is 17.1. The Labute approximate surface area is 229 Å². The minimum Gasteiger partial charge on any atom is -0.502 e. The van der Waals surface area contributed by atoms with Gasteiger partial charge in [-0.2, -0.15) is 0 Å². The fourth-order valence-electron chi connectivity index (χ4n) is 4.64. The van der Waals surface area contributed by atoms with E-state index in [2.05, 4.69) is 56.3 Å². The molecule has 2 aromatic carbocycles. The topological polar surface area (TPSA) is 90.5 Å². The van der Waals surface area contributed by atoms with Gasteiger partial charge < -0.3 is 20.1 Å². The van der Waals surface area contributed by atoms with Crippen LogP contribution < -0.4 is 10.9 Å². The standard InChI is InChI=1S/C30H35ClN4O3/c1-21(31)16-32-17-26(15-28-29(36)30(37)34-20-33-28)25-11-9-23(10-12-25)4-3-22-5-7-24(8-6-22)18-35-14-13-27(19-35)38-2/h5-12,20-21,26-27,32,36H,13-19H2,1-2H3,(H,33,34,37). The van der Waals surface area contributed by atoms with Crippen LogP contribution in [0.2, 0.25) is 0 Å². The van der Waals surface area contributed by atoms with Gasteiger partial charge in [-0.05, 0) is 48.7 Å². The molecule has 0 spiro atoms. The minimum absolute atomic E-state index is 0.00306. The molecule has 7 nitrogen and oxygen atoms in total. The van der Waals surface area contributed by atoms with Gasteiger partial charge in [-0.15, -0.1) is 11.6 Å². The molecule has 1 aliphatic rings. The summed E-state index contributed by atoms with van der Waals surface area (Å²) in [6.07, 6.45) is 3.17. The first-order valence-corrected chi connectivity index (χ1v) is 13.4. The van der Waals surface area contributed by atoms with E-state index >= 15 is 0 Å². The molecule has 1 fully saturated rings. The van der Waals surface area contributed by atoms with Crippen molar-refractivity contribution in [3.05, 3.63) is 93.2 Å². The third-order valence-corrected chi connectivity index (χ3v) is 6.97. The van der Waals surface area contributed by atoms with Crippen molar-refractivity contribution in [2.24, 2.45) is 0 Å². The number of halogens is 1. The van der Waals surface area contributed by atoms with Crippen LogP contribution in [0.1, 0.15) is 47.2 Å². The van der Waals surface area contributed by atoms with Crippen LogP contribution in [0.25, 0.3) is 0 Å². The lowest BCUT2D eigenvalue weighted by Gasteiger charge is -2.19. The van der Waals surface area contributed by atoms with Crippen molar-refractivity contribution in [3.63, 3.8) is 0 Å². The number of aromatic hydroxyl groups is 1. The molecule has 1 aromatic heterocycles. The molecule has 38 heavy (non-hydrogen) atoms. The van der Waals surface area contributed by atoms with Crippen molar-refractivity contribution in [1.82, 2.24) is 20.2 Å². The van der Waals surface area contributed by atoms with E-state index in [4.69, 9.17) is 16.3 Å². The number of ether oxygens (including phenoxy) is 1. The van der Waals surface area contributed by atoms with Gasteiger partial charge in [-0.1, -0.05) is 36.1 Å². The van der Waals surface area contributed by atoms with Gasteiger partial charge in [-0.3, -0.25) is 9.69 Å². The maximum absolute atomic E-state index is 11.8. The molecular weight excluding hydrogens is 500 g/mol. The highest BCUT2D eigenvalue weighted by Crippen LogP contribution is 2.23. The molecule has 1 saturated heterocycles. The predicted molar refractivity (Wildman–Crippen MR) is 151 cm³/mol. The quantitative estimate of drug-likeness (QED) is 0.272. The van der Waals surface area contributed by atoms with E-state index in [0.29, 0.717) is 31.3 Å². The van der Waals surface area contributed by atoms with Crippen LogP contribution in [0.4, 0.5) is 0 Å². The van der Waals surface area contributed by atoms with Gasteiger partial charge in [-0.25, -0.2) is 4.98 Å². The lowest BCUT2D eigenvalue weighted by atomic mass is 9.93. The molecule has 0 aliphatic carbocycles. The second-order valence-electron chi connectivity index (χ2n) is 9.82. The Bertz CT molecular complexity index is 1300. The number of hydrogen-bond donors (Lipinski definition) is 3. The minimum atomic E-state index is -0.537. The lowest BCUT2D eigenvalue weighted by Crippen LogP contribution is -2.28. The number of nitrogens with one attached hydrogen (secondary N) is 2.